The molecule has 1 unspecified atom stereocenters. The second kappa shape index (κ2) is 23.3. The number of alkyl halides is 1. The van der Waals surface area contributed by atoms with E-state index in [1.54, 1.807) is 36.4 Å². The highest BCUT2D eigenvalue weighted by molar-refractivity contribution is 9.11. The van der Waals surface area contributed by atoms with Gasteiger partial charge in [-0.2, -0.15) is 0 Å². The number of rotatable bonds is 24. The lowest BCUT2D eigenvalue weighted by atomic mass is 10.1. The zero-order valence-corrected chi connectivity index (χ0v) is 32.9. The fourth-order valence-corrected chi connectivity index (χ4v) is 6.88. The lowest BCUT2D eigenvalue weighted by Gasteiger charge is -2.11. The van der Waals surface area contributed by atoms with Crippen LogP contribution < -0.4 is 18.9 Å². The highest BCUT2D eigenvalue weighted by Gasteiger charge is 2.11. The zero-order valence-electron chi connectivity index (χ0n) is 29.7. The molecule has 0 fully saturated rings. The maximum Gasteiger partial charge on any atom is 0.343 e. The summed E-state index contributed by atoms with van der Waals surface area (Å²) in [7, 11) is 0. The van der Waals surface area contributed by atoms with Crippen molar-refractivity contribution in [2.24, 2.45) is 0 Å². The van der Waals surface area contributed by atoms with E-state index in [1.807, 2.05) is 54.6 Å². The minimum absolute atomic E-state index is 0.0187. The summed E-state index contributed by atoms with van der Waals surface area (Å²) in [5.74, 6) is 2.30. The average Bonchev–Trinajstić information content (AvgIpc) is 3.13. The molecule has 4 aromatic rings. The third-order valence-electron chi connectivity index (χ3n) is 8.56. The summed E-state index contributed by atoms with van der Waals surface area (Å²) in [5.41, 5.74) is 2.47. The SMILES string of the molecule is CCCCCCC(F)COc1ccc(C(=O)Oc2ccc(-c3ccc(OCCCCCCCCCCOc4cc(Br)cc(Br)c4)cc3)cc2)cc1. The number of carbonyl (C=O) groups excluding carboxylic acids is 1. The fraction of sp³-hybridized carbons (Fsp3) is 0.419. The molecule has 0 amide bonds. The largest absolute Gasteiger partial charge is 0.494 e. The van der Waals surface area contributed by atoms with Crippen LogP contribution in [0.25, 0.3) is 11.1 Å². The number of ether oxygens (including phenoxy) is 4. The van der Waals surface area contributed by atoms with E-state index in [4.69, 9.17) is 18.9 Å². The summed E-state index contributed by atoms with van der Waals surface area (Å²) in [4.78, 5) is 12.7. The first-order valence-corrected chi connectivity index (χ1v) is 20.0. The first kappa shape index (κ1) is 40.4. The molecule has 0 aliphatic rings. The number of carbonyl (C=O) groups is 1. The van der Waals surface area contributed by atoms with E-state index in [1.165, 1.54) is 38.5 Å². The molecule has 0 N–H and O–H groups in total. The van der Waals surface area contributed by atoms with E-state index in [2.05, 4.69) is 38.8 Å². The van der Waals surface area contributed by atoms with Crippen molar-refractivity contribution in [2.75, 3.05) is 19.8 Å². The molecule has 0 saturated heterocycles. The van der Waals surface area contributed by atoms with Crippen LogP contribution in [0.15, 0.2) is 99.9 Å². The molecule has 4 rings (SSSR count). The first-order valence-electron chi connectivity index (χ1n) is 18.4. The third kappa shape index (κ3) is 15.8. The van der Waals surface area contributed by atoms with E-state index in [0.29, 0.717) is 23.5 Å². The monoisotopic (exact) mass is 824 g/mol. The molecule has 8 heteroatoms. The Morgan fingerprint density at radius 3 is 1.61 bits per heavy atom. The van der Waals surface area contributed by atoms with Gasteiger partial charge < -0.3 is 18.9 Å². The Labute approximate surface area is 320 Å². The Kier molecular flexibility index (Phi) is 18.4. The summed E-state index contributed by atoms with van der Waals surface area (Å²) in [6.45, 7) is 3.63. The molecule has 51 heavy (non-hydrogen) atoms. The Morgan fingerprint density at radius 1 is 0.569 bits per heavy atom. The van der Waals surface area contributed by atoms with Crippen LogP contribution in [0.1, 0.15) is 101 Å². The fourth-order valence-electron chi connectivity index (χ4n) is 5.63. The van der Waals surface area contributed by atoms with Crippen LogP contribution in [0.2, 0.25) is 0 Å². The Balaban J connectivity index is 1.05. The minimum atomic E-state index is -0.989. The Hall–Kier alpha value is -3.36. The van der Waals surface area contributed by atoms with E-state index >= 15 is 0 Å². The van der Waals surface area contributed by atoms with E-state index < -0.39 is 12.1 Å². The molecule has 0 aliphatic carbocycles. The molecule has 0 saturated carbocycles. The van der Waals surface area contributed by atoms with Crippen LogP contribution in [0.5, 0.6) is 23.0 Å². The maximum absolute atomic E-state index is 14.1. The van der Waals surface area contributed by atoms with Crippen molar-refractivity contribution in [1.82, 2.24) is 0 Å². The van der Waals surface area contributed by atoms with Gasteiger partial charge in [-0.05, 0) is 97.1 Å². The molecule has 0 aromatic heterocycles. The number of halogens is 3. The molecule has 0 radical (unpaired) electrons. The number of hydrogen-bond acceptors (Lipinski definition) is 5. The van der Waals surface area contributed by atoms with Gasteiger partial charge in [0.25, 0.3) is 0 Å². The van der Waals surface area contributed by atoms with Gasteiger partial charge in [0.05, 0.1) is 18.8 Å². The maximum atomic E-state index is 14.1. The van der Waals surface area contributed by atoms with Crippen LogP contribution in [0.3, 0.4) is 0 Å². The van der Waals surface area contributed by atoms with Crippen molar-refractivity contribution in [2.45, 2.75) is 96.6 Å². The van der Waals surface area contributed by atoms with Crippen LogP contribution >= 0.6 is 31.9 Å². The summed E-state index contributed by atoms with van der Waals surface area (Å²) in [6, 6.07) is 28.1. The van der Waals surface area contributed by atoms with Crippen molar-refractivity contribution in [1.29, 1.82) is 0 Å². The second-order valence-electron chi connectivity index (χ2n) is 12.9. The quantitative estimate of drug-likeness (QED) is 0.0400. The number of unbranched alkanes of at least 4 members (excludes halogenated alkanes) is 10. The summed E-state index contributed by atoms with van der Waals surface area (Å²) in [6.07, 6.45) is 13.2. The van der Waals surface area contributed by atoms with Crippen molar-refractivity contribution < 1.29 is 28.1 Å². The Morgan fingerprint density at radius 2 is 1.04 bits per heavy atom. The molecule has 5 nitrogen and oxygen atoms in total. The van der Waals surface area contributed by atoms with Gasteiger partial charge in [-0.25, -0.2) is 9.18 Å². The molecule has 0 bridgehead atoms. The smallest absolute Gasteiger partial charge is 0.343 e. The van der Waals surface area contributed by atoms with Gasteiger partial charge in [-0.1, -0.05) is 127 Å². The third-order valence-corrected chi connectivity index (χ3v) is 9.47. The van der Waals surface area contributed by atoms with Crippen LogP contribution in [0.4, 0.5) is 4.39 Å². The average molecular weight is 827 g/mol. The minimum Gasteiger partial charge on any atom is -0.494 e. The van der Waals surface area contributed by atoms with Crippen molar-refractivity contribution in [3.8, 4) is 34.1 Å². The molecule has 274 valence electrons. The molecule has 0 spiro atoms. The molecule has 0 aliphatic heterocycles. The molecule has 1 atom stereocenters. The summed E-state index contributed by atoms with van der Waals surface area (Å²) in [5, 5.41) is 0. The molecular formula is C43H51Br2FO5. The van der Waals surface area contributed by atoms with Gasteiger partial charge in [0, 0.05) is 8.95 Å². The van der Waals surface area contributed by atoms with Crippen molar-refractivity contribution in [3.05, 3.63) is 106 Å². The Bertz CT molecular complexity index is 1540. The second-order valence-corrected chi connectivity index (χ2v) is 14.7. The number of hydrogen-bond donors (Lipinski definition) is 0. The zero-order chi connectivity index (χ0) is 36.1. The summed E-state index contributed by atoms with van der Waals surface area (Å²) < 4.78 is 39.1. The van der Waals surface area contributed by atoms with Crippen LogP contribution in [0, 0.1) is 0 Å². The van der Waals surface area contributed by atoms with Gasteiger partial charge in [-0.15, -0.1) is 0 Å². The van der Waals surface area contributed by atoms with Crippen molar-refractivity contribution >= 4 is 37.8 Å². The number of esters is 1. The normalized spacial score (nSPS) is 11.6. The van der Waals surface area contributed by atoms with E-state index in [-0.39, 0.29) is 6.61 Å². The standard InChI is InChI=1S/C43H51Br2FO5/c1-2-3-4-11-14-38(46)32-50-40-23-19-35(20-24-40)43(47)51-41-25-17-34(18-26-41)33-15-21-39(22-16-33)48-27-12-9-7-5-6-8-10-13-28-49-42-30-36(44)29-37(45)31-42/h15-26,29-31,38H,2-14,27-28,32H2,1H3. The van der Waals surface area contributed by atoms with E-state index in [0.717, 1.165) is 83.3 Å². The van der Waals surface area contributed by atoms with Gasteiger partial charge >= 0.3 is 5.97 Å². The first-order chi connectivity index (χ1) is 24.9. The van der Waals surface area contributed by atoms with Gasteiger partial charge in [0.15, 0.2) is 0 Å². The highest BCUT2D eigenvalue weighted by Crippen LogP contribution is 2.27. The lowest BCUT2D eigenvalue weighted by Crippen LogP contribution is -2.13. The predicted octanol–water partition coefficient (Wildman–Crippen LogP) is 13.4. The van der Waals surface area contributed by atoms with Gasteiger partial charge in [0.1, 0.15) is 35.8 Å². The summed E-state index contributed by atoms with van der Waals surface area (Å²) >= 11 is 6.99. The molecular weight excluding hydrogens is 775 g/mol. The van der Waals surface area contributed by atoms with Gasteiger partial charge in [-0.3, -0.25) is 0 Å². The molecule has 4 aromatic carbocycles. The van der Waals surface area contributed by atoms with Crippen LogP contribution in [-0.2, 0) is 0 Å². The van der Waals surface area contributed by atoms with Crippen molar-refractivity contribution in [3.63, 3.8) is 0 Å². The lowest BCUT2D eigenvalue weighted by molar-refractivity contribution is 0.0734. The van der Waals surface area contributed by atoms with Gasteiger partial charge in [0.2, 0.25) is 0 Å². The van der Waals surface area contributed by atoms with Crippen LogP contribution in [-0.4, -0.2) is 32.0 Å². The highest BCUT2D eigenvalue weighted by atomic mass is 79.9. The number of benzene rings is 4. The predicted molar refractivity (Wildman–Crippen MR) is 212 cm³/mol. The molecule has 0 heterocycles. The van der Waals surface area contributed by atoms with E-state index in [9.17, 15) is 9.18 Å². The topological polar surface area (TPSA) is 54.0 Å².